The van der Waals surface area contributed by atoms with Crippen LogP contribution in [0.25, 0.3) is 0 Å². The first-order valence-corrected chi connectivity index (χ1v) is 8.22. The van der Waals surface area contributed by atoms with Crippen LogP contribution in [0.15, 0.2) is 29.3 Å². The van der Waals surface area contributed by atoms with Gasteiger partial charge in [-0.1, -0.05) is 34.8 Å². The number of aromatic nitrogens is 1. The smallest absolute Gasteiger partial charge is 0.265 e. The van der Waals surface area contributed by atoms with Crippen LogP contribution in [0.1, 0.15) is 5.56 Å². The Morgan fingerprint density at radius 3 is 2.43 bits per heavy atom. The summed E-state index contributed by atoms with van der Waals surface area (Å²) in [4.78, 5) is 3.63. The third kappa shape index (κ3) is 3.52. The van der Waals surface area contributed by atoms with Crippen molar-refractivity contribution in [2.75, 3.05) is 10.5 Å². The molecule has 2 aromatic rings. The first-order valence-electron chi connectivity index (χ1n) is 5.60. The number of anilines is 2. The van der Waals surface area contributed by atoms with Gasteiger partial charge in [-0.05, 0) is 30.7 Å². The maximum atomic E-state index is 12.4. The van der Waals surface area contributed by atoms with Crippen LogP contribution in [0.4, 0.5) is 11.4 Å². The lowest BCUT2D eigenvalue weighted by molar-refractivity contribution is 0.601. The number of benzene rings is 1. The average Bonchev–Trinajstić information content (AvgIpc) is 2.31. The van der Waals surface area contributed by atoms with Crippen molar-refractivity contribution in [2.45, 2.75) is 11.8 Å². The number of pyridine rings is 1. The lowest BCUT2D eigenvalue weighted by atomic mass is 10.3. The zero-order valence-corrected chi connectivity index (χ0v) is 13.8. The van der Waals surface area contributed by atoms with Crippen LogP contribution in [-0.4, -0.2) is 13.4 Å². The highest BCUT2D eigenvalue weighted by Gasteiger charge is 2.22. The van der Waals surface area contributed by atoms with E-state index >= 15 is 0 Å². The molecule has 21 heavy (non-hydrogen) atoms. The van der Waals surface area contributed by atoms with E-state index in [2.05, 4.69) is 9.71 Å². The molecule has 3 N–H and O–H groups in total. The average molecular weight is 367 g/mol. The molecular weight excluding hydrogens is 357 g/mol. The molecule has 0 bridgehead atoms. The Hall–Kier alpha value is -1.21. The summed E-state index contributed by atoms with van der Waals surface area (Å²) in [6.07, 6.45) is 1.30. The van der Waals surface area contributed by atoms with Gasteiger partial charge in [-0.2, -0.15) is 0 Å². The molecule has 0 saturated heterocycles. The maximum Gasteiger partial charge on any atom is 0.265 e. The van der Waals surface area contributed by atoms with E-state index in [4.69, 9.17) is 40.5 Å². The molecule has 2 rings (SSSR count). The third-order valence-electron chi connectivity index (χ3n) is 2.57. The van der Waals surface area contributed by atoms with Gasteiger partial charge in [-0.25, -0.2) is 13.4 Å². The highest BCUT2D eigenvalue weighted by molar-refractivity contribution is 7.93. The SMILES string of the molecule is Cc1cc(NS(=O)(=O)c2c(N)cc(Cl)cc2Cl)cnc1Cl. The number of nitrogens with two attached hydrogens (primary N) is 1. The topological polar surface area (TPSA) is 85.1 Å². The third-order valence-corrected chi connectivity index (χ3v) is 5.09. The van der Waals surface area contributed by atoms with Crippen molar-refractivity contribution in [3.05, 3.63) is 45.2 Å². The van der Waals surface area contributed by atoms with E-state index in [1.807, 2.05) is 0 Å². The van der Waals surface area contributed by atoms with E-state index in [1.54, 1.807) is 13.0 Å². The van der Waals surface area contributed by atoms with Crippen molar-refractivity contribution in [2.24, 2.45) is 0 Å². The predicted octanol–water partition coefficient (Wildman–Crippen LogP) is 3.73. The van der Waals surface area contributed by atoms with E-state index < -0.39 is 10.0 Å². The van der Waals surface area contributed by atoms with Crippen LogP contribution in [0, 0.1) is 6.92 Å². The summed E-state index contributed by atoms with van der Waals surface area (Å²) >= 11 is 17.5. The van der Waals surface area contributed by atoms with Gasteiger partial charge in [-0.15, -0.1) is 0 Å². The molecule has 0 spiro atoms. The van der Waals surface area contributed by atoms with Crippen LogP contribution in [0.5, 0.6) is 0 Å². The number of hydrogen-bond acceptors (Lipinski definition) is 4. The maximum absolute atomic E-state index is 12.4. The van der Waals surface area contributed by atoms with Gasteiger partial charge >= 0.3 is 0 Å². The second-order valence-electron chi connectivity index (χ2n) is 4.24. The van der Waals surface area contributed by atoms with E-state index in [0.29, 0.717) is 10.7 Å². The van der Waals surface area contributed by atoms with Crippen molar-refractivity contribution in [1.29, 1.82) is 0 Å². The minimum absolute atomic E-state index is 0.0429. The highest BCUT2D eigenvalue weighted by atomic mass is 35.5. The number of nitrogens with one attached hydrogen (secondary N) is 1. The molecule has 0 unspecified atom stereocenters. The number of rotatable bonds is 3. The van der Waals surface area contributed by atoms with E-state index in [1.165, 1.54) is 18.3 Å². The monoisotopic (exact) mass is 365 g/mol. The fraction of sp³-hybridized carbons (Fsp3) is 0.0833. The van der Waals surface area contributed by atoms with Gasteiger partial charge in [0.1, 0.15) is 10.0 Å². The zero-order chi connectivity index (χ0) is 15.8. The summed E-state index contributed by atoms with van der Waals surface area (Å²) in [7, 11) is -3.97. The van der Waals surface area contributed by atoms with Gasteiger partial charge in [0.05, 0.1) is 22.6 Å². The Labute approximate surface area is 137 Å². The molecule has 0 aliphatic heterocycles. The van der Waals surface area contributed by atoms with Gasteiger partial charge in [0.25, 0.3) is 10.0 Å². The molecule has 0 saturated carbocycles. The fourth-order valence-corrected chi connectivity index (χ4v) is 3.81. The van der Waals surface area contributed by atoms with Gasteiger partial charge < -0.3 is 5.73 Å². The summed E-state index contributed by atoms with van der Waals surface area (Å²) in [5.74, 6) is 0. The lowest BCUT2D eigenvalue weighted by Gasteiger charge is -2.12. The number of halogens is 3. The summed E-state index contributed by atoms with van der Waals surface area (Å²) < 4.78 is 27.1. The van der Waals surface area contributed by atoms with Crippen molar-refractivity contribution < 1.29 is 8.42 Å². The van der Waals surface area contributed by atoms with E-state index in [9.17, 15) is 8.42 Å². The molecule has 1 heterocycles. The summed E-state index contributed by atoms with van der Waals surface area (Å²) in [6.45, 7) is 1.71. The van der Waals surface area contributed by atoms with Crippen molar-refractivity contribution in [3.63, 3.8) is 0 Å². The minimum atomic E-state index is -3.97. The molecule has 9 heteroatoms. The van der Waals surface area contributed by atoms with Gasteiger partial charge in [0.2, 0.25) is 0 Å². The van der Waals surface area contributed by atoms with Gasteiger partial charge in [-0.3, -0.25) is 4.72 Å². The highest BCUT2D eigenvalue weighted by Crippen LogP contribution is 2.32. The predicted molar refractivity (Wildman–Crippen MR) is 85.7 cm³/mol. The number of aryl methyl sites for hydroxylation is 1. The molecule has 0 aliphatic carbocycles. The Kier molecular flexibility index (Phi) is 4.53. The molecular formula is C12H10Cl3N3O2S. The van der Waals surface area contributed by atoms with Crippen LogP contribution in [0.2, 0.25) is 15.2 Å². The van der Waals surface area contributed by atoms with Gasteiger partial charge in [0.15, 0.2) is 0 Å². The van der Waals surface area contributed by atoms with Crippen molar-refractivity contribution in [3.8, 4) is 0 Å². The summed E-state index contributed by atoms with van der Waals surface area (Å²) in [5, 5.41) is 0.480. The Morgan fingerprint density at radius 1 is 1.19 bits per heavy atom. The minimum Gasteiger partial charge on any atom is -0.398 e. The number of nitrogen functional groups attached to an aromatic ring is 1. The fourth-order valence-electron chi connectivity index (χ4n) is 1.68. The Morgan fingerprint density at radius 2 is 1.86 bits per heavy atom. The Bertz CT molecular complexity index is 786. The molecule has 0 fully saturated rings. The lowest BCUT2D eigenvalue weighted by Crippen LogP contribution is -2.15. The summed E-state index contributed by atoms with van der Waals surface area (Å²) in [5.41, 5.74) is 6.53. The molecule has 0 atom stereocenters. The molecule has 1 aromatic carbocycles. The number of sulfonamides is 1. The quantitative estimate of drug-likeness (QED) is 0.640. The normalized spacial score (nSPS) is 11.4. The molecule has 0 aliphatic rings. The van der Waals surface area contributed by atoms with Crippen molar-refractivity contribution >= 4 is 56.2 Å². The van der Waals surface area contributed by atoms with Crippen molar-refractivity contribution in [1.82, 2.24) is 4.98 Å². The van der Waals surface area contributed by atoms with Crippen LogP contribution >= 0.6 is 34.8 Å². The van der Waals surface area contributed by atoms with Gasteiger partial charge in [0, 0.05) is 5.02 Å². The molecule has 5 nitrogen and oxygen atoms in total. The standard InChI is InChI=1S/C12H10Cl3N3O2S/c1-6-2-8(5-17-12(6)15)18-21(19,20)11-9(14)3-7(13)4-10(11)16/h2-5,18H,16H2,1H3. The second-order valence-corrected chi connectivity index (χ2v) is 7.06. The molecule has 0 amide bonds. The van der Waals surface area contributed by atoms with E-state index in [-0.39, 0.29) is 26.3 Å². The first-order chi connectivity index (χ1) is 9.70. The molecule has 112 valence electrons. The first kappa shape index (κ1) is 16.2. The number of nitrogens with zero attached hydrogens (tertiary/aromatic N) is 1. The van der Waals surface area contributed by atoms with E-state index in [0.717, 1.165) is 0 Å². The molecule has 0 radical (unpaired) electrons. The van der Waals surface area contributed by atoms with Crippen LogP contribution < -0.4 is 10.5 Å². The summed E-state index contributed by atoms with van der Waals surface area (Å²) in [6, 6.07) is 4.17. The zero-order valence-electron chi connectivity index (χ0n) is 10.7. The van der Waals surface area contributed by atoms with Crippen LogP contribution in [-0.2, 0) is 10.0 Å². The van der Waals surface area contributed by atoms with Crippen LogP contribution in [0.3, 0.4) is 0 Å². The molecule has 1 aromatic heterocycles. The largest absolute Gasteiger partial charge is 0.398 e. The Balaban J connectivity index is 2.46. The second kappa shape index (κ2) is 5.88. The number of hydrogen-bond donors (Lipinski definition) is 2.